The summed E-state index contributed by atoms with van der Waals surface area (Å²) in [5.74, 6) is -0.651. The van der Waals surface area contributed by atoms with Crippen molar-refractivity contribution >= 4 is 12.0 Å². The largest absolute Gasteiger partial charge is 0.481 e. The van der Waals surface area contributed by atoms with Crippen molar-refractivity contribution in [3.63, 3.8) is 0 Å². The average Bonchev–Trinajstić information content (AvgIpc) is 3.17. The summed E-state index contributed by atoms with van der Waals surface area (Å²) in [5, 5.41) is 20.0. The highest BCUT2D eigenvalue weighted by molar-refractivity contribution is 5.80. The van der Waals surface area contributed by atoms with E-state index in [2.05, 4.69) is 15.6 Å². The summed E-state index contributed by atoms with van der Waals surface area (Å²) >= 11 is 0. The summed E-state index contributed by atoms with van der Waals surface area (Å²) in [6, 6.07) is -0.159. The Labute approximate surface area is 128 Å². The van der Waals surface area contributed by atoms with E-state index in [1.165, 1.54) is 0 Å². The zero-order valence-corrected chi connectivity index (χ0v) is 12.4. The zero-order chi connectivity index (χ0) is 15.6. The molecular weight excluding hydrogens is 286 g/mol. The van der Waals surface area contributed by atoms with E-state index in [0.29, 0.717) is 32.6 Å². The molecule has 2 fully saturated rings. The van der Waals surface area contributed by atoms with Crippen LogP contribution in [0.2, 0.25) is 0 Å². The number of hydrogen-bond acceptors (Lipinski definition) is 4. The minimum atomic E-state index is -0.753. The first kappa shape index (κ1) is 14.8. The minimum absolute atomic E-state index is 0.103. The molecule has 1 saturated heterocycles. The predicted molar refractivity (Wildman–Crippen MR) is 77.0 cm³/mol. The van der Waals surface area contributed by atoms with Crippen LogP contribution in [0.4, 0.5) is 4.79 Å². The summed E-state index contributed by atoms with van der Waals surface area (Å²) < 4.78 is 1.71. The Morgan fingerprint density at radius 1 is 1.45 bits per heavy atom. The molecule has 0 aromatic carbocycles. The van der Waals surface area contributed by atoms with Crippen LogP contribution in [0.25, 0.3) is 0 Å². The molecule has 120 valence electrons. The highest BCUT2D eigenvalue weighted by Gasteiger charge is 2.55. The molecule has 2 amide bonds. The van der Waals surface area contributed by atoms with Gasteiger partial charge in [0.25, 0.3) is 0 Å². The molecular formula is C14H21N5O3. The lowest BCUT2D eigenvalue weighted by Crippen LogP contribution is -2.42. The maximum atomic E-state index is 12.2. The van der Waals surface area contributed by atoms with Gasteiger partial charge < -0.3 is 15.3 Å². The van der Waals surface area contributed by atoms with E-state index in [1.807, 2.05) is 0 Å². The van der Waals surface area contributed by atoms with Gasteiger partial charge in [0.1, 0.15) is 0 Å². The van der Waals surface area contributed by atoms with Gasteiger partial charge in [0.15, 0.2) is 0 Å². The zero-order valence-electron chi connectivity index (χ0n) is 12.4. The molecule has 1 aromatic heterocycles. The molecule has 22 heavy (non-hydrogen) atoms. The van der Waals surface area contributed by atoms with Crippen LogP contribution < -0.4 is 5.32 Å². The molecule has 8 heteroatoms. The number of aliphatic carboxylic acids is 1. The van der Waals surface area contributed by atoms with Gasteiger partial charge in [-0.2, -0.15) is 0 Å². The molecule has 0 bridgehead atoms. The summed E-state index contributed by atoms with van der Waals surface area (Å²) in [7, 11) is 0. The summed E-state index contributed by atoms with van der Waals surface area (Å²) in [4.78, 5) is 25.4. The minimum Gasteiger partial charge on any atom is -0.481 e. The number of rotatable bonds is 5. The molecule has 0 unspecified atom stereocenters. The third kappa shape index (κ3) is 2.65. The fraction of sp³-hybridized carbons (Fsp3) is 0.714. The number of aryl methyl sites for hydroxylation is 1. The quantitative estimate of drug-likeness (QED) is 0.774. The van der Waals surface area contributed by atoms with Crippen LogP contribution in [-0.4, -0.2) is 56.6 Å². The number of carbonyl (C=O) groups is 2. The van der Waals surface area contributed by atoms with E-state index in [4.69, 9.17) is 0 Å². The molecule has 2 aliphatic rings. The number of nitrogens with one attached hydrogen (secondary N) is 1. The molecule has 8 nitrogen and oxygen atoms in total. The van der Waals surface area contributed by atoms with Gasteiger partial charge in [0, 0.05) is 32.4 Å². The predicted octanol–water partition coefficient (Wildman–Crippen LogP) is 0.564. The highest BCUT2D eigenvalue weighted by atomic mass is 16.4. The van der Waals surface area contributed by atoms with Gasteiger partial charge in [-0.05, 0) is 25.2 Å². The molecule has 1 aliphatic carbocycles. The smallest absolute Gasteiger partial charge is 0.317 e. The SMILES string of the molecule is O=C(NCCCn1ccnn1)N1C[C@@H]2CCC[C@@]2(C(=O)O)C1. The molecule has 1 saturated carbocycles. The Kier molecular flexibility index (Phi) is 4.00. The van der Waals surface area contributed by atoms with Crippen LogP contribution in [0.15, 0.2) is 12.4 Å². The Hall–Kier alpha value is -2.12. The summed E-state index contributed by atoms with van der Waals surface area (Å²) in [6.45, 7) is 2.13. The maximum Gasteiger partial charge on any atom is 0.317 e. The number of nitrogens with zero attached hydrogens (tertiary/aromatic N) is 4. The van der Waals surface area contributed by atoms with Crippen molar-refractivity contribution in [1.29, 1.82) is 0 Å². The van der Waals surface area contributed by atoms with Crippen LogP contribution in [0.1, 0.15) is 25.7 Å². The first-order valence-corrected chi connectivity index (χ1v) is 7.72. The van der Waals surface area contributed by atoms with E-state index in [0.717, 1.165) is 19.3 Å². The number of aromatic nitrogens is 3. The maximum absolute atomic E-state index is 12.2. The van der Waals surface area contributed by atoms with Gasteiger partial charge in [-0.3, -0.25) is 9.48 Å². The molecule has 2 atom stereocenters. The number of amides is 2. The van der Waals surface area contributed by atoms with Crippen molar-refractivity contribution in [2.45, 2.75) is 32.2 Å². The van der Waals surface area contributed by atoms with Gasteiger partial charge in [0.2, 0.25) is 0 Å². The topological polar surface area (TPSA) is 100 Å². The van der Waals surface area contributed by atoms with Gasteiger partial charge in [-0.25, -0.2) is 4.79 Å². The lowest BCUT2D eigenvalue weighted by atomic mass is 9.81. The monoisotopic (exact) mass is 307 g/mol. The highest BCUT2D eigenvalue weighted by Crippen LogP contribution is 2.48. The Balaban J connectivity index is 1.46. The van der Waals surface area contributed by atoms with Crippen LogP contribution in [0.3, 0.4) is 0 Å². The van der Waals surface area contributed by atoms with Gasteiger partial charge in [0.05, 0.1) is 11.6 Å². The number of fused-ring (bicyclic) bond motifs is 1. The van der Waals surface area contributed by atoms with E-state index in [-0.39, 0.29) is 11.9 Å². The average molecular weight is 307 g/mol. The normalized spacial score (nSPS) is 26.9. The van der Waals surface area contributed by atoms with Crippen molar-refractivity contribution in [3.8, 4) is 0 Å². The standard InChI is InChI=1S/C14H21N5O3/c20-12(21)14-4-1-3-11(14)9-18(10-14)13(22)15-5-2-7-19-8-6-16-17-19/h6,8,11H,1-5,7,9-10H2,(H,15,22)(H,20,21)/t11-,14+/m0/s1. The first-order valence-electron chi connectivity index (χ1n) is 7.72. The number of hydrogen-bond donors (Lipinski definition) is 2. The number of carboxylic acids is 1. The van der Waals surface area contributed by atoms with Crippen molar-refractivity contribution in [2.75, 3.05) is 19.6 Å². The number of carbonyl (C=O) groups excluding carboxylic acids is 1. The van der Waals surface area contributed by atoms with Gasteiger partial charge in [-0.1, -0.05) is 11.6 Å². The molecule has 2 N–H and O–H groups in total. The van der Waals surface area contributed by atoms with Crippen molar-refractivity contribution in [2.24, 2.45) is 11.3 Å². The van der Waals surface area contributed by atoms with Crippen molar-refractivity contribution in [1.82, 2.24) is 25.2 Å². The molecule has 0 spiro atoms. The van der Waals surface area contributed by atoms with E-state index < -0.39 is 11.4 Å². The molecule has 0 radical (unpaired) electrons. The molecule has 1 aromatic rings. The van der Waals surface area contributed by atoms with Crippen LogP contribution in [-0.2, 0) is 11.3 Å². The van der Waals surface area contributed by atoms with Crippen molar-refractivity contribution in [3.05, 3.63) is 12.4 Å². The fourth-order valence-electron chi connectivity index (χ4n) is 3.69. The molecule has 3 rings (SSSR count). The van der Waals surface area contributed by atoms with Gasteiger partial charge >= 0.3 is 12.0 Å². The van der Waals surface area contributed by atoms with Crippen molar-refractivity contribution < 1.29 is 14.7 Å². The second kappa shape index (κ2) is 5.94. The Morgan fingerprint density at radius 2 is 2.32 bits per heavy atom. The Bertz CT molecular complexity index is 547. The molecule has 2 heterocycles. The summed E-state index contributed by atoms with van der Waals surface area (Å²) in [5.41, 5.74) is -0.710. The van der Waals surface area contributed by atoms with Crippen LogP contribution >= 0.6 is 0 Å². The van der Waals surface area contributed by atoms with Gasteiger partial charge in [-0.15, -0.1) is 5.10 Å². The first-order chi connectivity index (χ1) is 10.6. The third-order valence-electron chi connectivity index (χ3n) is 4.90. The second-order valence-corrected chi connectivity index (χ2v) is 6.18. The van der Waals surface area contributed by atoms with Crippen LogP contribution in [0, 0.1) is 11.3 Å². The van der Waals surface area contributed by atoms with Crippen LogP contribution in [0.5, 0.6) is 0 Å². The lowest BCUT2D eigenvalue weighted by Gasteiger charge is -2.23. The fourth-order valence-corrected chi connectivity index (χ4v) is 3.69. The third-order valence-corrected chi connectivity index (χ3v) is 4.90. The second-order valence-electron chi connectivity index (χ2n) is 6.18. The molecule has 1 aliphatic heterocycles. The number of carboxylic acid groups (broad SMARTS) is 1. The number of likely N-dealkylation sites (tertiary alicyclic amines) is 1. The number of urea groups is 1. The Morgan fingerprint density at radius 3 is 3.00 bits per heavy atom. The lowest BCUT2D eigenvalue weighted by molar-refractivity contribution is -0.149. The summed E-state index contributed by atoms with van der Waals surface area (Å²) in [6.07, 6.45) is 6.69. The van der Waals surface area contributed by atoms with E-state index in [1.54, 1.807) is 22.0 Å². The van der Waals surface area contributed by atoms with E-state index in [9.17, 15) is 14.7 Å². The van der Waals surface area contributed by atoms with E-state index >= 15 is 0 Å².